The number of carboxylic acid groups (broad SMARTS) is 1. The summed E-state index contributed by atoms with van der Waals surface area (Å²) in [7, 11) is 1.68. The fourth-order valence-corrected chi connectivity index (χ4v) is 5.75. The highest BCUT2D eigenvalue weighted by molar-refractivity contribution is 7.99. The first-order chi connectivity index (χ1) is 16.6. The molecule has 4 rings (SSSR count). The fourth-order valence-electron chi connectivity index (χ4n) is 4.92. The molecule has 3 aromatic rings. The van der Waals surface area contributed by atoms with Crippen molar-refractivity contribution in [2.24, 2.45) is 11.8 Å². The first-order valence-corrected chi connectivity index (χ1v) is 12.9. The van der Waals surface area contributed by atoms with E-state index in [4.69, 9.17) is 4.74 Å². The van der Waals surface area contributed by atoms with Gasteiger partial charge in [-0.05, 0) is 73.9 Å². The maximum Gasteiger partial charge on any atom is 0.303 e. The summed E-state index contributed by atoms with van der Waals surface area (Å²) in [4.78, 5) is 26.9. The van der Waals surface area contributed by atoms with Crippen molar-refractivity contribution in [2.45, 2.75) is 37.1 Å². The Morgan fingerprint density at radius 2 is 2.12 bits per heavy atom. The van der Waals surface area contributed by atoms with Crippen molar-refractivity contribution in [3.05, 3.63) is 54.6 Å². The van der Waals surface area contributed by atoms with Gasteiger partial charge in [0.2, 0.25) is 0 Å². The highest BCUT2D eigenvalue weighted by atomic mass is 32.2. The number of hydrogen-bond donors (Lipinski definition) is 1. The van der Waals surface area contributed by atoms with Gasteiger partial charge in [0.15, 0.2) is 0 Å². The van der Waals surface area contributed by atoms with Crippen molar-refractivity contribution < 1.29 is 14.6 Å². The third-order valence-corrected chi connectivity index (χ3v) is 7.56. The Kier molecular flexibility index (Phi) is 8.71. The van der Waals surface area contributed by atoms with Gasteiger partial charge in [0.05, 0.1) is 18.8 Å². The van der Waals surface area contributed by atoms with E-state index < -0.39 is 5.97 Å². The number of rotatable bonds is 11. The van der Waals surface area contributed by atoms with Crippen LogP contribution in [0.3, 0.4) is 0 Å². The van der Waals surface area contributed by atoms with E-state index >= 15 is 0 Å². The van der Waals surface area contributed by atoms with Crippen LogP contribution in [0.15, 0.2) is 54.1 Å². The summed E-state index contributed by atoms with van der Waals surface area (Å²) in [5, 5.41) is 11.6. The minimum Gasteiger partial charge on any atom is -0.497 e. The number of aromatic nitrogens is 3. The molecule has 34 heavy (non-hydrogen) atoms. The lowest BCUT2D eigenvalue weighted by atomic mass is 9.80. The maximum absolute atomic E-state index is 11.6. The number of carboxylic acids is 1. The van der Waals surface area contributed by atoms with Crippen LogP contribution in [0.5, 0.6) is 5.75 Å². The number of benzene rings is 1. The SMILES string of the molecule is COc1ccc2nccc(CCC[C@@H]3CCN(CCSc4cnccn4)C[C@@H]3CC(=O)O)c2c1. The normalized spacial score (nSPS) is 18.7. The summed E-state index contributed by atoms with van der Waals surface area (Å²) in [5.74, 6) is 1.72. The number of carbonyl (C=O) groups is 1. The van der Waals surface area contributed by atoms with Crippen LogP contribution < -0.4 is 4.74 Å². The van der Waals surface area contributed by atoms with Gasteiger partial charge in [0.25, 0.3) is 0 Å². The summed E-state index contributed by atoms with van der Waals surface area (Å²) in [6, 6.07) is 8.09. The van der Waals surface area contributed by atoms with Crippen molar-refractivity contribution in [1.82, 2.24) is 19.9 Å². The predicted octanol–water partition coefficient (Wildman–Crippen LogP) is 4.56. The zero-order valence-electron chi connectivity index (χ0n) is 19.6. The summed E-state index contributed by atoms with van der Waals surface area (Å²) in [6.45, 7) is 2.82. The van der Waals surface area contributed by atoms with Gasteiger partial charge in [-0.15, -0.1) is 11.8 Å². The average molecular weight is 481 g/mol. The van der Waals surface area contributed by atoms with E-state index in [1.165, 1.54) is 5.56 Å². The lowest BCUT2D eigenvalue weighted by Crippen LogP contribution is -2.42. The molecule has 2 atom stereocenters. The van der Waals surface area contributed by atoms with E-state index in [2.05, 4.69) is 32.0 Å². The second-order valence-electron chi connectivity index (χ2n) is 8.84. The fraction of sp³-hybridized carbons (Fsp3) is 0.462. The number of ether oxygens (including phenoxy) is 1. The standard InChI is InChI=1S/C26H32N4O3S/c1-33-22-5-6-24-23(16-22)20(7-9-28-24)4-2-3-19-8-12-30(18-21(19)15-26(31)32)13-14-34-25-17-27-10-11-29-25/h5-7,9-11,16-17,19,21H,2-4,8,12-15,18H2,1H3,(H,31,32)/t19-,21+/m1/s1. The van der Waals surface area contributed by atoms with Crippen LogP contribution in [0.4, 0.5) is 0 Å². The molecule has 0 amide bonds. The number of aryl methyl sites for hydroxylation is 1. The average Bonchev–Trinajstić information content (AvgIpc) is 2.85. The van der Waals surface area contributed by atoms with Crippen LogP contribution in [-0.4, -0.2) is 63.4 Å². The molecule has 7 nitrogen and oxygen atoms in total. The molecule has 0 saturated carbocycles. The first kappa shape index (κ1) is 24.4. The summed E-state index contributed by atoms with van der Waals surface area (Å²) in [5.41, 5.74) is 2.26. The molecule has 2 aromatic heterocycles. The topological polar surface area (TPSA) is 88.4 Å². The lowest BCUT2D eigenvalue weighted by molar-refractivity contribution is -0.139. The lowest BCUT2D eigenvalue weighted by Gasteiger charge is -2.38. The number of fused-ring (bicyclic) bond motifs is 1. The molecule has 8 heteroatoms. The second kappa shape index (κ2) is 12.1. The molecule has 1 saturated heterocycles. The smallest absolute Gasteiger partial charge is 0.303 e. The largest absolute Gasteiger partial charge is 0.497 e. The van der Waals surface area contributed by atoms with Gasteiger partial charge in [-0.2, -0.15) is 0 Å². The number of thioether (sulfide) groups is 1. The summed E-state index contributed by atoms with van der Waals surface area (Å²) in [6.07, 6.45) is 11.4. The minimum atomic E-state index is -0.696. The number of aliphatic carboxylic acids is 1. The molecule has 0 bridgehead atoms. The van der Waals surface area contributed by atoms with Gasteiger partial charge in [0.1, 0.15) is 10.8 Å². The first-order valence-electron chi connectivity index (χ1n) is 11.9. The Morgan fingerprint density at radius 1 is 1.21 bits per heavy atom. The van der Waals surface area contributed by atoms with Crippen molar-refractivity contribution in [1.29, 1.82) is 0 Å². The van der Waals surface area contributed by atoms with E-state index in [1.807, 2.05) is 18.3 Å². The van der Waals surface area contributed by atoms with Crippen LogP contribution >= 0.6 is 11.8 Å². The molecule has 0 spiro atoms. The van der Waals surface area contributed by atoms with Crippen molar-refractivity contribution >= 4 is 28.6 Å². The van der Waals surface area contributed by atoms with Crippen LogP contribution in [0.1, 0.15) is 31.2 Å². The highest BCUT2D eigenvalue weighted by Crippen LogP contribution is 2.32. The number of piperidine rings is 1. The number of methoxy groups -OCH3 is 1. The maximum atomic E-state index is 11.6. The number of likely N-dealkylation sites (tertiary alicyclic amines) is 1. The van der Waals surface area contributed by atoms with Crippen molar-refractivity contribution in [3.8, 4) is 5.75 Å². The van der Waals surface area contributed by atoms with Crippen molar-refractivity contribution in [3.63, 3.8) is 0 Å². The summed E-state index contributed by atoms with van der Waals surface area (Å²) < 4.78 is 5.39. The molecule has 1 aliphatic rings. The van der Waals surface area contributed by atoms with Crippen LogP contribution in [0.25, 0.3) is 10.9 Å². The Bertz CT molecular complexity index is 1080. The van der Waals surface area contributed by atoms with Gasteiger partial charge < -0.3 is 14.7 Å². The van der Waals surface area contributed by atoms with E-state index in [0.717, 1.165) is 72.7 Å². The predicted molar refractivity (Wildman–Crippen MR) is 134 cm³/mol. The molecular formula is C26H32N4O3S. The van der Waals surface area contributed by atoms with Gasteiger partial charge in [-0.25, -0.2) is 4.98 Å². The molecule has 0 unspecified atom stereocenters. The molecule has 1 N–H and O–H groups in total. The van der Waals surface area contributed by atoms with E-state index in [9.17, 15) is 9.90 Å². The molecule has 0 aliphatic carbocycles. The van der Waals surface area contributed by atoms with Gasteiger partial charge in [-0.1, -0.05) is 0 Å². The van der Waals surface area contributed by atoms with E-state index in [-0.39, 0.29) is 12.3 Å². The van der Waals surface area contributed by atoms with Crippen LogP contribution in [0, 0.1) is 11.8 Å². The monoisotopic (exact) mass is 480 g/mol. The molecule has 1 aromatic carbocycles. The minimum absolute atomic E-state index is 0.196. The third-order valence-electron chi connectivity index (χ3n) is 6.67. The number of hydrogen-bond acceptors (Lipinski definition) is 7. The van der Waals surface area contributed by atoms with Gasteiger partial charge >= 0.3 is 5.97 Å². The molecule has 1 fully saturated rings. The zero-order chi connectivity index (χ0) is 23.8. The number of nitrogens with zero attached hydrogens (tertiary/aromatic N) is 4. The van der Waals surface area contributed by atoms with Crippen LogP contribution in [-0.2, 0) is 11.2 Å². The quantitative estimate of drug-likeness (QED) is 0.400. The molecule has 0 radical (unpaired) electrons. The van der Waals surface area contributed by atoms with Gasteiger partial charge in [-0.3, -0.25) is 14.8 Å². The van der Waals surface area contributed by atoms with Crippen molar-refractivity contribution in [2.75, 3.05) is 32.5 Å². The Hall–Kier alpha value is -2.71. The molecule has 1 aliphatic heterocycles. The Labute approximate surface area is 205 Å². The Morgan fingerprint density at radius 3 is 2.91 bits per heavy atom. The van der Waals surface area contributed by atoms with Crippen LogP contribution in [0.2, 0.25) is 0 Å². The third kappa shape index (κ3) is 6.67. The molecular weight excluding hydrogens is 448 g/mol. The van der Waals surface area contributed by atoms with Gasteiger partial charge in [0, 0.05) is 49.2 Å². The molecule has 180 valence electrons. The number of pyridine rings is 1. The highest BCUT2D eigenvalue weighted by Gasteiger charge is 2.30. The zero-order valence-corrected chi connectivity index (χ0v) is 20.4. The molecule has 3 heterocycles. The van der Waals surface area contributed by atoms with E-state index in [0.29, 0.717) is 5.92 Å². The Balaban J connectivity index is 1.31. The van der Waals surface area contributed by atoms with E-state index in [1.54, 1.807) is 37.5 Å². The second-order valence-corrected chi connectivity index (χ2v) is 9.96. The summed E-state index contributed by atoms with van der Waals surface area (Å²) >= 11 is 1.70.